The third kappa shape index (κ3) is 2.97. The topological polar surface area (TPSA) is 70.1 Å². The van der Waals surface area contributed by atoms with E-state index in [1.54, 1.807) is 18.2 Å². The number of hydrogen-bond donors (Lipinski definition) is 1. The molecule has 5 nitrogen and oxygen atoms in total. The van der Waals surface area contributed by atoms with Crippen molar-refractivity contribution in [2.24, 2.45) is 0 Å². The molecule has 1 heterocycles. The van der Waals surface area contributed by atoms with E-state index in [9.17, 15) is 4.79 Å². The molecule has 0 saturated carbocycles. The summed E-state index contributed by atoms with van der Waals surface area (Å²) in [6.45, 7) is 6.43. The van der Waals surface area contributed by atoms with Crippen LogP contribution >= 0.6 is 0 Å². The zero-order valence-electron chi connectivity index (χ0n) is 14.1. The first-order valence-electron chi connectivity index (χ1n) is 7.96. The third-order valence-corrected chi connectivity index (χ3v) is 4.02. The van der Waals surface area contributed by atoms with Gasteiger partial charge in [-0.05, 0) is 36.6 Å². The van der Waals surface area contributed by atoms with Gasteiger partial charge in [-0.2, -0.15) is 0 Å². The summed E-state index contributed by atoms with van der Waals surface area (Å²) in [6, 6.07) is 13.2. The van der Waals surface area contributed by atoms with E-state index in [4.69, 9.17) is 10.6 Å². The SMILES string of the molecule is Cc1ccc(OCc2nc3ccccc3c(=O)n2N)c(C(C)C)c1. The van der Waals surface area contributed by atoms with Gasteiger partial charge in [0.25, 0.3) is 5.56 Å². The Kier molecular flexibility index (Phi) is 4.25. The molecule has 124 valence electrons. The smallest absolute Gasteiger partial charge is 0.279 e. The van der Waals surface area contributed by atoms with E-state index >= 15 is 0 Å². The number of fused-ring (bicyclic) bond motifs is 1. The quantitative estimate of drug-likeness (QED) is 0.749. The molecule has 0 saturated heterocycles. The first-order valence-corrected chi connectivity index (χ1v) is 7.96. The predicted octanol–water partition coefficient (Wildman–Crippen LogP) is 3.12. The van der Waals surface area contributed by atoms with Gasteiger partial charge in [-0.3, -0.25) is 4.79 Å². The van der Waals surface area contributed by atoms with Gasteiger partial charge in [0.15, 0.2) is 5.82 Å². The molecule has 0 radical (unpaired) electrons. The molecular weight excluding hydrogens is 302 g/mol. The highest BCUT2D eigenvalue weighted by Gasteiger charge is 2.12. The fraction of sp³-hybridized carbons (Fsp3) is 0.263. The lowest BCUT2D eigenvalue weighted by molar-refractivity contribution is 0.287. The standard InChI is InChI=1S/C19H21N3O2/c1-12(2)15-10-13(3)8-9-17(15)24-11-18-21-16-7-5-4-6-14(16)19(23)22(18)20/h4-10,12H,11,20H2,1-3H3. The first kappa shape index (κ1) is 16.1. The van der Waals surface area contributed by atoms with Crippen LogP contribution in [0.25, 0.3) is 10.9 Å². The molecule has 24 heavy (non-hydrogen) atoms. The van der Waals surface area contributed by atoms with Gasteiger partial charge in [0, 0.05) is 0 Å². The molecule has 5 heteroatoms. The lowest BCUT2D eigenvalue weighted by Gasteiger charge is -2.15. The van der Waals surface area contributed by atoms with Gasteiger partial charge in [-0.25, -0.2) is 9.66 Å². The Morgan fingerprint density at radius 2 is 1.96 bits per heavy atom. The average Bonchev–Trinajstić information content (AvgIpc) is 2.57. The van der Waals surface area contributed by atoms with Crippen LogP contribution in [0.4, 0.5) is 0 Å². The average molecular weight is 323 g/mol. The molecule has 0 unspecified atom stereocenters. The summed E-state index contributed by atoms with van der Waals surface area (Å²) < 4.78 is 6.98. The molecule has 0 aliphatic carbocycles. The van der Waals surface area contributed by atoms with E-state index in [0.717, 1.165) is 16.0 Å². The fourth-order valence-electron chi connectivity index (χ4n) is 2.69. The second-order valence-electron chi connectivity index (χ2n) is 6.20. The Morgan fingerprint density at radius 3 is 2.71 bits per heavy atom. The minimum Gasteiger partial charge on any atom is -0.485 e. The van der Waals surface area contributed by atoms with Crippen LogP contribution in [0.1, 0.15) is 36.7 Å². The summed E-state index contributed by atoms with van der Waals surface area (Å²) in [5, 5.41) is 0.502. The molecule has 0 aliphatic heterocycles. The van der Waals surface area contributed by atoms with E-state index in [0.29, 0.717) is 22.6 Å². The molecule has 2 aromatic carbocycles. The number of aryl methyl sites for hydroxylation is 1. The maximum atomic E-state index is 12.3. The van der Waals surface area contributed by atoms with Gasteiger partial charge < -0.3 is 10.6 Å². The molecule has 0 atom stereocenters. The van der Waals surface area contributed by atoms with Crippen molar-refractivity contribution in [2.45, 2.75) is 33.3 Å². The van der Waals surface area contributed by atoms with E-state index in [1.807, 2.05) is 18.2 Å². The summed E-state index contributed by atoms with van der Waals surface area (Å²) in [5.41, 5.74) is 2.66. The zero-order valence-corrected chi connectivity index (χ0v) is 14.1. The van der Waals surface area contributed by atoms with Crippen molar-refractivity contribution < 1.29 is 4.74 Å². The van der Waals surface area contributed by atoms with Crippen LogP contribution in [0.2, 0.25) is 0 Å². The van der Waals surface area contributed by atoms with Crippen molar-refractivity contribution in [1.82, 2.24) is 9.66 Å². The molecule has 1 aromatic heterocycles. The highest BCUT2D eigenvalue weighted by Crippen LogP contribution is 2.28. The molecule has 0 amide bonds. The summed E-state index contributed by atoms with van der Waals surface area (Å²) >= 11 is 0. The van der Waals surface area contributed by atoms with Gasteiger partial charge in [-0.15, -0.1) is 0 Å². The number of hydrogen-bond acceptors (Lipinski definition) is 4. The van der Waals surface area contributed by atoms with Crippen molar-refractivity contribution in [2.75, 3.05) is 5.84 Å². The lowest BCUT2D eigenvalue weighted by Crippen LogP contribution is -2.32. The summed E-state index contributed by atoms with van der Waals surface area (Å²) in [4.78, 5) is 16.8. The van der Waals surface area contributed by atoms with Crippen LogP contribution in [-0.4, -0.2) is 9.66 Å². The van der Waals surface area contributed by atoms with E-state index in [2.05, 4.69) is 31.8 Å². The number of nitrogens with two attached hydrogens (primary N) is 1. The molecular formula is C19H21N3O2. The van der Waals surface area contributed by atoms with Crippen LogP contribution in [0.5, 0.6) is 5.75 Å². The molecule has 3 aromatic rings. The number of rotatable bonds is 4. The van der Waals surface area contributed by atoms with E-state index < -0.39 is 0 Å². The number of ether oxygens (including phenoxy) is 1. The zero-order chi connectivity index (χ0) is 17.3. The Morgan fingerprint density at radius 1 is 1.21 bits per heavy atom. The molecule has 2 N–H and O–H groups in total. The number of nitrogens with zero attached hydrogens (tertiary/aromatic N) is 2. The monoisotopic (exact) mass is 323 g/mol. The number of nitrogen functional groups attached to an aromatic ring is 1. The van der Waals surface area contributed by atoms with Gasteiger partial charge in [0.1, 0.15) is 12.4 Å². The maximum Gasteiger partial charge on any atom is 0.279 e. The van der Waals surface area contributed by atoms with Crippen LogP contribution in [0, 0.1) is 6.92 Å². The van der Waals surface area contributed by atoms with Crippen LogP contribution in [0.3, 0.4) is 0 Å². The Balaban J connectivity index is 1.95. The van der Waals surface area contributed by atoms with Crippen LogP contribution in [0.15, 0.2) is 47.3 Å². The highest BCUT2D eigenvalue weighted by atomic mass is 16.5. The van der Waals surface area contributed by atoms with Gasteiger partial charge in [0.05, 0.1) is 10.9 Å². The highest BCUT2D eigenvalue weighted by molar-refractivity contribution is 5.77. The van der Waals surface area contributed by atoms with Gasteiger partial charge >= 0.3 is 0 Å². The Labute approximate surface area is 140 Å². The summed E-state index contributed by atoms with van der Waals surface area (Å²) in [5.74, 6) is 7.42. The maximum absolute atomic E-state index is 12.3. The first-order chi connectivity index (χ1) is 11.5. The second kappa shape index (κ2) is 6.35. The molecule has 0 bridgehead atoms. The van der Waals surface area contributed by atoms with Crippen molar-refractivity contribution in [3.05, 3.63) is 69.8 Å². The molecule has 0 fully saturated rings. The van der Waals surface area contributed by atoms with Crippen molar-refractivity contribution in [3.8, 4) is 5.75 Å². The van der Waals surface area contributed by atoms with Crippen molar-refractivity contribution in [3.63, 3.8) is 0 Å². The minimum absolute atomic E-state index is 0.138. The largest absolute Gasteiger partial charge is 0.485 e. The number of benzene rings is 2. The van der Waals surface area contributed by atoms with Crippen molar-refractivity contribution in [1.29, 1.82) is 0 Å². The third-order valence-electron chi connectivity index (χ3n) is 4.02. The number of para-hydroxylation sites is 1. The van der Waals surface area contributed by atoms with Gasteiger partial charge in [-0.1, -0.05) is 43.7 Å². The summed E-state index contributed by atoms with van der Waals surface area (Å²) in [6.07, 6.45) is 0. The second-order valence-corrected chi connectivity index (χ2v) is 6.20. The number of aromatic nitrogens is 2. The van der Waals surface area contributed by atoms with Crippen LogP contribution < -0.4 is 16.1 Å². The van der Waals surface area contributed by atoms with Gasteiger partial charge in [0.2, 0.25) is 0 Å². The molecule has 0 spiro atoms. The Bertz CT molecular complexity index is 945. The fourth-order valence-corrected chi connectivity index (χ4v) is 2.69. The van der Waals surface area contributed by atoms with E-state index in [-0.39, 0.29) is 12.2 Å². The molecule has 3 rings (SSSR count). The normalized spacial score (nSPS) is 11.2. The lowest BCUT2D eigenvalue weighted by atomic mass is 10.00. The summed E-state index contributed by atoms with van der Waals surface area (Å²) in [7, 11) is 0. The molecule has 0 aliphatic rings. The van der Waals surface area contributed by atoms with E-state index in [1.165, 1.54) is 5.56 Å². The van der Waals surface area contributed by atoms with Crippen molar-refractivity contribution >= 4 is 10.9 Å². The van der Waals surface area contributed by atoms with Crippen LogP contribution in [-0.2, 0) is 6.61 Å². The Hall–Kier alpha value is -2.82. The minimum atomic E-state index is -0.271. The predicted molar refractivity (Wildman–Crippen MR) is 95.8 cm³/mol.